The molecule has 420 valence electrons. The fourth-order valence-corrected chi connectivity index (χ4v) is 9.34. The number of hydrogen-bond acceptors (Lipinski definition) is 6. The summed E-state index contributed by atoms with van der Waals surface area (Å²) in [6.45, 7) is 6.52. The SMILES string of the molecule is CC/C=C\C/C=C\C/C=C\CCCCCC(=O)OC(COC(=O)CCCCCCC/C=C\CCCCCC)COC(=O)CCCCCCCCCCCCCCCCCCCCCCCCCCCCCC. The fraction of sp³-hybridized carbons (Fsp3) is 0.833. The maximum Gasteiger partial charge on any atom is 0.306 e. The number of carbonyl (C=O) groups is 3. The monoisotopic (exact) mass is 1010 g/mol. The molecule has 1 atom stereocenters. The highest BCUT2D eigenvalue weighted by Crippen LogP contribution is 2.18. The second kappa shape index (κ2) is 60.9. The van der Waals surface area contributed by atoms with Crippen molar-refractivity contribution in [3.8, 4) is 0 Å². The first-order valence-electron chi connectivity index (χ1n) is 31.6. The average Bonchev–Trinajstić information content (AvgIpc) is 3.38. The maximum atomic E-state index is 12.8. The molecule has 0 heterocycles. The van der Waals surface area contributed by atoms with Gasteiger partial charge in [0, 0.05) is 19.3 Å². The Labute approximate surface area is 448 Å². The van der Waals surface area contributed by atoms with Crippen molar-refractivity contribution in [3.63, 3.8) is 0 Å². The van der Waals surface area contributed by atoms with Crippen molar-refractivity contribution in [2.24, 2.45) is 0 Å². The zero-order valence-corrected chi connectivity index (χ0v) is 48.2. The average molecular weight is 1010 g/mol. The molecule has 0 N–H and O–H groups in total. The first-order chi connectivity index (χ1) is 35.5. The highest BCUT2D eigenvalue weighted by molar-refractivity contribution is 5.71. The van der Waals surface area contributed by atoms with Crippen molar-refractivity contribution in [1.29, 1.82) is 0 Å². The molecule has 0 radical (unpaired) electrons. The molecular weight excluding hydrogens is 889 g/mol. The highest BCUT2D eigenvalue weighted by atomic mass is 16.6. The minimum atomic E-state index is -0.790. The van der Waals surface area contributed by atoms with Gasteiger partial charge in [0.05, 0.1) is 0 Å². The third-order valence-electron chi connectivity index (χ3n) is 14.1. The topological polar surface area (TPSA) is 78.9 Å². The zero-order chi connectivity index (χ0) is 52.2. The molecule has 6 heteroatoms. The molecule has 0 saturated heterocycles. The van der Waals surface area contributed by atoms with Crippen molar-refractivity contribution >= 4 is 17.9 Å². The Balaban J connectivity index is 4.15. The molecule has 0 amide bonds. The van der Waals surface area contributed by atoms with Gasteiger partial charge >= 0.3 is 17.9 Å². The molecule has 72 heavy (non-hydrogen) atoms. The minimum absolute atomic E-state index is 0.0846. The molecule has 1 unspecified atom stereocenters. The first-order valence-corrected chi connectivity index (χ1v) is 31.6. The van der Waals surface area contributed by atoms with Gasteiger partial charge in [0.25, 0.3) is 0 Å². The predicted octanol–water partition coefficient (Wildman–Crippen LogP) is 21.4. The molecule has 0 aliphatic rings. The van der Waals surface area contributed by atoms with E-state index in [4.69, 9.17) is 14.2 Å². The lowest BCUT2D eigenvalue weighted by Gasteiger charge is -2.18. The van der Waals surface area contributed by atoms with Crippen molar-refractivity contribution in [3.05, 3.63) is 48.6 Å². The molecule has 0 aliphatic heterocycles. The van der Waals surface area contributed by atoms with Gasteiger partial charge in [-0.05, 0) is 77.0 Å². The highest BCUT2D eigenvalue weighted by Gasteiger charge is 2.19. The van der Waals surface area contributed by atoms with Gasteiger partial charge in [0.1, 0.15) is 13.2 Å². The minimum Gasteiger partial charge on any atom is -0.462 e. The van der Waals surface area contributed by atoms with E-state index in [-0.39, 0.29) is 31.1 Å². The summed E-state index contributed by atoms with van der Waals surface area (Å²) in [6, 6.07) is 0. The Morgan fingerprint density at radius 1 is 0.292 bits per heavy atom. The van der Waals surface area contributed by atoms with E-state index in [1.807, 2.05) is 0 Å². The number of esters is 3. The summed E-state index contributed by atoms with van der Waals surface area (Å²) in [5.41, 5.74) is 0. The zero-order valence-electron chi connectivity index (χ0n) is 48.2. The molecule has 6 nitrogen and oxygen atoms in total. The van der Waals surface area contributed by atoms with Crippen LogP contribution in [-0.2, 0) is 28.6 Å². The van der Waals surface area contributed by atoms with Gasteiger partial charge in [-0.25, -0.2) is 0 Å². The van der Waals surface area contributed by atoms with E-state index in [0.29, 0.717) is 19.3 Å². The molecule has 0 spiro atoms. The second-order valence-corrected chi connectivity index (χ2v) is 21.3. The van der Waals surface area contributed by atoms with E-state index >= 15 is 0 Å². The Morgan fingerprint density at radius 2 is 0.542 bits per heavy atom. The van der Waals surface area contributed by atoms with Crippen molar-refractivity contribution in [2.75, 3.05) is 13.2 Å². The number of allylic oxidation sites excluding steroid dienone is 8. The molecule has 0 fully saturated rings. The third kappa shape index (κ3) is 58.3. The summed E-state index contributed by atoms with van der Waals surface area (Å²) in [5, 5.41) is 0. The van der Waals surface area contributed by atoms with Crippen LogP contribution in [0.4, 0.5) is 0 Å². The van der Waals surface area contributed by atoms with Crippen LogP contribution in [0.1, 0.15) is 335 Å². The number of ether oxygens (including phenoxy) is 3. The van der Waals surface area contributed by atoms with Crippen LogP contribution in [0.3, 0.4) is 0 Å². The van der Waals surface area contributed by atoms with Gasteiger partial charge < -0.3 is 14.2 Å². The number of hydrogen-bond donors (Lipinski definition) is 0. The molecule has 0 aromatic carbocycles. The number of rotatable bonds is 58. The summed E-state index contributed by atoms with van der Waals surface area (Å²) < 4.78 is 16.9. The van der Waals surface area contributed by atoms with Crippen LogP contribution in [-0.4, -0.2) is 37.2 Å². The Morgan fingerprint density at radius 3 is 0.889 bits per heavy atom. The summed E-state index contributed by atoms with van der Waals surface area (Å²) in [4.78, 5) is 38.1. The lowest BCUT2D eigenvalue weighted by molar-refractivity contribution is -0.167. The van der Waals surface area contributed by atoms with E-state index in [2.05, 4.69) is 69.4 Å². The molecule has 0 rings (SSSR count). The van der Waals surface area contributed by atoms with Crippen molar-refractivity contribution in [2.45, 2.75) is 341 Å². The number of unbranched alkanes of at least 4 members (excludes halogenated alkanes) is 39. The van der Waals surface area contributed by atoms with Crippen LogP contribution in [0, 0.1) is 0 Å². The van der Waals surface area contributed by atoms with E-state index in [1.54, 1.807) is 0 Å². The molecular formula is C66H120O6. The third-order valence-corrected chi connectivity index (χ3v) is 14.1. The largest absolute Gasteiger partial charge is 0.462 e. The Bertz CT molecular complexity index is 1250. The van der Waals surface area contributed by atoms with Gasteiger partial charge in [0.2, 0.25) is 0 Å². The normalized spacial score (nSPS) is 12.3. The van der Waals surface area contributed by atoms with Crippen LogP contribution in [0.5, 0.6) is 0 Å². The summed E-state index contributed by atoms with van der Waals surface area (Å²) in [6.07, 6.45) is 75.7. The second-order valence-electron chi connectivity index (χ2n) is 21.3. The summed E-state index contributed by atoms with van der Waals surface area (Å²) >= 11 is 0. The van der Waals surface area contributed by atoms with Gasteiger partial charge in [-0.2, -0.15) is 0 Å². The smallest absolute Gasteiger partial charge is 0.306 e. The molecule has 0 aromatic rings. The van der Waals surface area contributed by atoms with Gasteiger partial charge in [-0.3, -0.25) is 14.4 Å². The van der Waals surface area contributed by atoms with Crippen LogP contribution in [0.15, 0.2) is 48.6 Å². The van der Waals surface area contributed by atoms with Gasteiger partial charge in [-0.15, -0.1) is 0 Å². The van der Waals surface area contributed by atoms with Crippen LogP contribution in [0.25, 0.3) is 0 Å². The van der Waals surface area contributed by atoms with Crippen LogP contribution in [0.2, 0.25) is 0 Å². The number of carbonyl (C=O) groups excluding carboxylic acids is 3. The van der Waals surface area contributed by atoms with E-state index in [9.17, 15) is 14.4 Å². The van der Waals surface area contributed by atoms with E-state index in [0.717, 1.165) is 89.9 Å². The van der Waals surface area contributed by atoms with E-state index in [1.165, 1.54) is 205 Å². The van der Waals surface area contributed by atoms with Crippen molar-refractivity contribution in [1.82, 2.24) is 0 Å². The summed E-state index contributed by atoms with van der Waals surface area (Å²) in [5.74, 6) is -0.908. The molecule has 0 aliphatic carbocycles. The van der Waals surface area contributed by atoms with Gasteiger partial charge in [-0.1, -0.05) is 288 Å². The predicted molar refractivity (Wildman–Crippen MR) is 312 cm³/mol. The maximum absolute atomic E-state index is 12.8. The fourth-order valence-electron chi connectivity index (χ4n) is 9.34. The Kier molecular flexibility index (Phi) is 58.7. The molecule has 0 saturated carbocycles. The Hall–Kier alpha value is -2.63. The van der Waals surface area contributed by atoms with E-state index < -0.39 is 6.10 Å². The quantitative estimate of drug-likeness (QED) is 0.0261. The summed E-state index contributed by atoms with van der Waals surface area (Å²) in [7, 11) is 0. The first kappa shape index (κ1) is 69.4. The van der Waals surface area contributed by atoms with Crippen LogP contribution < -0.4 is 0 Å². The molecule has 0 aromatic heterocycles. The van der Waals surface area contributed by atoms with Crippen LogP contribution >= 0.6 is 0 Å². The lowest BCUT2D eigenvalue weighted by Crippen LogP contribution is -2.30. The van der Waals surface area contributed by atoms with Crippen molar-refractivity contribution < 1.29 is 28.6 Å². The lowest BCUT2D eigenvalue weighted by atomic mass is 10.0. The van der Waals surface area contributed by atoms with Gasteiger partial charge in [0.15, 0.2) is 6.10 Å². The molecule has 0 bridgehead atoms. The standard InChI is InChI=1S/C66H120O6/c1-4-7-10-13-16-19-22-25-26-27-28-29-30-31-32-33-34-35-36-37-38-39-42-44-47-50-53-56-59-65(68)71-62-63(72-66(69)60-57-54-51-48-45-41-24-21-18-15-12-9-6-3)61-70-64(67)58-55-52-49-46-43-40-23-20-17-14-11-8-5-2/h9,12,18,20-21,23,41,45,63H,4-8,10-11,13-17,19,22,24-40,42-44,46-62H2,1-3H3/b12-9-,21-18-,23-20-,45-41-.